The number of benzene rings is 1. The highest BCUT2D eigenvalue weighted by Gasteiger charge is 2.16. The second kappa shape index (κ2) is 5.53. The zero-order chi connectivity index (χ0) is 12.3. The number of carboxylic acids is 1. The van der Waals surface area contributed by atoms with Crippen molar-refractivity contribution in [1.82, 2.24) is 0 Å². The normalized spacial score (nSPS) is 10.9. The Bertz CT molecular complexity index is 536. The smallest absolute Gasteiger partial charge is 0.346 e. The van der Waals surface area contributed by atoms with E-state index in [4.69, 9.17) is 5.73 Å². The van der Waals surface area contributed by atoms with Gasteiger partial charge in [0.2, 0.25) is 0 Å². The molecule has 5 heteroatoms. The summed E-state index contributed by atoms with van der Waals surface area (Å²) in [4.78, 5) is 11.7. The van der Waals surface area contributed by atoms with Gasteiger partial charge in [0, 0.05) is 22.8 Å². The highest BCUT2D eigenvalue weighted by atomic mass is 32.2. The SMILES string of the molecule is NCCSCc1c(C(=O)O)sc2ccccc12. The fourth-order valence-corrected chi connectivity index (χ4v) is 3.64. The lowest BCUT2D eigenvalue weighted by molar-refractivity contribution is 0.0701. The molecule has 0 unspecified atom stereocenters. The van der Waals surface area contributed by atoms with Crippen LogP contribution in [0.15, 0.2) is 24.3 Å². The van der Waals surface area contributed by atoms with Crippen LogP contribution in [0.1, 0.15) is 15.2 Å². The van der Waals surface area contributed by atoms with E-state index in [1.54, 1.807) is 11.8 Å². The van der Waals surface area contributed by atoms with E-state index in [-0.39, 0.29) is 0 Å². The summed E-state index contributed by atoms with van der Waals surface area (Å²) in [6.07, 6.45) is 0. The Morgan fingerprint density at radius 1 is 1.41 bits per heavy atom. The van der Waals surface area contributed by atoms with E-state index < -0.39 is 5.97 Å². The average Bonchev–Trinajstić information content (AvgIpc) is 2.69. The van der Waals surface area contributed by atoms with Gasteiger partial charge in [0.15, 0.2) is 0 Å². The molecule has 0 fully saturated rings. The summed E-state index contributed by atoms with van der Waals surface area (Å²) < 4.78 is 1.04. The van der Waals surface area contributed by atoms with Crippen molar-refractivity contribution in [2.24, 2.45) is 5.73 Å². The molecule has 3 nitrogen and oxygen atoms in total. The van der Waals surface area contributed by atoms with Crippen molar-refractivity contribution in [2.45, 2.75) is 5.75 Å². The van der Waals surface area contributed by atoms with Gasteiger partial charge in [0.25, 0.3) is 0 Å². The van der Waals surface area contributed by atoms with Crippen molar-refractivity contribution in [2.75, 3.05) is 12.3 Å². The number of carbonyl (C=O) groups is 1. The zero-order valence-electron chi connectivity index (χ0n) is 9.18. The van der Waals surface area contributed by atoms with E-state index in [2.05, 4.69) is 0 Å². The van der Waals surface area contributed by atoms with Gasteiger partial charge in [0.1, 0.15) is 4.88 Å². The number of thiophene rings is 1. The maximum Gasteiger partial charge on any atom is 0.346 e. The number of aromatic carboxylic acids is 1. The van der Waals surface area contributed by atoms with Crippen LogP contribution in [0.2, 0.25) is 0 Å². The zero-order valence-corrected chi connectivity index (χ0v) is 10.8. The predicted molar refractivity (Wildman–Crippen MR) is 74.0 cm³/mol. The monoisotopic (exact) mass is 267 g/mol. The Morgan fingerprint density at radius 2 is 2.18 bits per heavy atom. The van der Waals surface area contributed by atoms with Crippen LogP contribution < -0.4 is 5.73 Å². The van der Waals surface area contributed by atoms with E-state index in [9.17, 15) is 9.90 Å². The molecule has 0 aliphatic heterocycles. The molecule has 17 heavy (non-hydrogen) atoms. The lowest BCUT2D eigenvalue weighted by Crippen LogP contribution is -2.02. The number of hydrogen-bond donors (Lipinski definition) is 2. The fourth-order valence-electron chi connectivity index (χ4n) is 1.67. The van der Waals surface area contributed by atoms with Gasteiger partial charge in [-0.2, -0.15) is 11.8 Å². The predicted octanol–water partition coefficient (Wildman–Crippen LogP) is 2.79. The standard InChI is InChI=1S/C12H13NO2S2/c13-5-6-16-7-9-8-3-1-2-4-10(8)17-11(9)12(14)15/h1-4H,5-7,13H2,(H,14,15). The van der Waals surface area contributed by atoms with Crippen molar-refractivity contribution in [3.63, 3.8) is 0 Å². The van der Waals surface area contributed by atoms with Crippen LogP contribution in [-0.4, -0.2) is 23.4 Å². The van der Waals surface area contributed by atoms with Crippen LogP contribution in [0, 0.1) is 0 Å². The van der Waals surface area contributed by atoms with Gasteiger partial charge in [0.05, 0.1) is 0 Å². The second-order valence-corrected chi connectivity index (χ2v) is 5.71. The Balaban J connectivity index is 2.41. The molecular weight excluding hydrogens is 254 g/mol. The Labute approximate surface area is 108 Å². The van der Waals surface area contributed by atoms with E-state index >= 15 is 0 Å². The fraction of sp³-hybridized carbons (Fsp3) is 0.250. The third-order valence-corrected chi connectivity index (χ3v) is 4.62. The van der Waals surface area contributed by atoms with Crippen molar-refractivity contribution in [3.05, 3.63) is 34.7 Å². The van der Waals surface area contributed by atoms with Crippen LogP contribution in [0.5, 0.6) is 0 Å². The number of carboxylic acid groups (broad SMARTS) is 1. The first-order valence-electron chi connectivity index (χ1n) is 5.25. The molecule has 0 aliphatic carbocycles. The number of rotatable bonds is 5. The Morgan fingerprint density at radius 3 is 2.88 bits per heavy atom. The minimum atomic E-state index is -0.838. The summed E-state index contributed by atoms with van der Waals surface area (Å²) >= 11 is 3.02. The van der Waals surface area contributed by atoms with Crippen molar-refractivity contribution >= 4 is 39.2 Å². The number of fused-ring (bicyclic) bond motifs is 1. The summed E-state index contributed by atoms with van der Waals surface area (Å²) in [6, 6.07) is 7.82. The molecule has 90 valence electrons. The molecule has 2 rings (SSSR count). The molecular formula is C12H13NO2S2. The van der Waals surface area contributed by atoms with Crippen LogP contribution in [0.4, 0.5) is 0 Å². The molecule has 0 spiro atoms. The maximum atomic E-state index is 11.2. The van der Waals surface area contributed by atoms with Crippen molar-refractivity contribution in [1.29, 1.82) is 0 Å². The molecule has 0 saturated heterocycles. The van der Waals surface area contributed by atoms with Gasteiger partial charge in [-0.3, -0.25) is 0 Å². The first kappa shape index (κ1) is 12.4. The first-order chi connectivity index (χ1) is 8.24. The molecule has 0 amide bonds. The molecule has 1 heterocycles. The summed E-state index contributed by atoms with van der Waals surface area (Å²) in [5.74, 6) is 0.723. The third kappa shape index (κ3) is 2.62. The molecule has 3 N–H and O–H groups in total. The summed E-state index contributed by atoms with van der Waals surface area (Å²) in [6.45, 7) is 0.620. The molecule has 0 aliphatic rings. The summed E-state index contributed by atoms with van der Waals surface area (Å²) in [7, 11) is 0. The maximum absolute atomic E-state index is 11.2. The van der Waals surface area contributed by atoms with Crippen LogP contribution >= 0.6 is 23.1 Å². The highest BCUT2D eigenvalue weighted by molar-refractivity contribution is 7.98. The highest BCUT2D eigenvalue weighted by Crippen LogP contribution is 2.33. The molecule has 0 saturated carbocycles. The molecule has 1 aromatic heterocycles. The minimum Gasteiger partial charge on any atom is -0.477 e. The Hall–Kier alpha value is -1.04. The third-order valence-electron chi connectivity index (χ3n) is 2.40. The van der Waals surface area contributed by atoms with Crippen LogP contribution in [0.25, 0.3) is 10.1 Å². The van der Waals surface area contributed by atoms with E-state index in [0.29, 0.717) is 17.2 Å². The molecule has 0 bridgehead atoms. The quantitative estimate of drug-likeness (QED) is 0.818. The van der Waals surface area contributed by atoms with E-state index in [1.807, 2.05) is 24.3 Å². The van der Waals surface area contributed by atoms with Gasteiger partial charge in [-0.25, -0.2) is 4.79 Å². The summed E-state index contributed by atoms with van der Waals surface area (Å²) in [5.41, 5.74) is 6.37. The van der Waals surface area contributed by atoms with Crippen LogP contribution in [-0.2, 0) is 5.75 Å². The minimum absolute atomic E-state index is 0.454. The topological polar surface area (TPSA) is 63.3 Å². The summed E-state index contributed by atoms with van der Waals surface area (Å²) in [5, 5.41) is 10.3. The van der Waals surface area contributed by atoms with Crippen LogP contribution in [0.3, 0.4) is 0 Å². The van der Waals surface area contributed by atoms with Crippen molar-refractivity contribution < 1.29 is 9.90 Å². The second-order valence-electron chi connectivity index (χ2n) is 3.55. The number of thioether (sulfide) groups is 1. The number of nitrogens with two attached hydrogens (primary N) is 1. The van der Waals surface area contributed by atoms with Gasteiger partial charge < -0.3 is 10.8 Å². The van der Waals surface area contributed by atoms with Gasteiger partial charge in [-0.15, -0.1) is 11.3 Å². The molecule has 0 atom stereocenters. The Kier molecular flexibility index (Phi) is 4.04. The average molecular weight is 267 g/mol. The number of hydrogen-bond acceptors (Lipinski definition) is 4. The first-order valence-corrected chi connectivity index (χ1v) is 7.22. The van der Waals surface area contributed by atoms with Crippen molar-refractivity contribution in [3.8, 4) is 0 Å². The largest absolute Gasteiger partial charge is 0.477 e. The van der Waals surface area contributed by atoms with Gasteiger partial charge >= 0.3 is 5.97 Å². The molecule has 0 radical (unpaired) electrons. The lowest BCUT2D eigenvalue weighted by Gasteiger charge is -2.01. The van der Waals surface area contributed by atoms with Gasteiger partial charge in [-0.05, 0) is 17.0 Å². The molecule has 2 aromatic rings. The molecule has 1 aromatic carbocycles. The van der Waals surface area contributed by atoms with E-state index in [0.717, 1.165) is 21.4 Å². The van der Waals surface area contributed by atoms with Gasteiger partial charge in [-0.1, -0.05) is 18.2 Å². The lowest BCUT2D eigenvalue weighted by atomic mass is 10.1. The van der Waals surface area contributed by atoms with E-state index in [1.165, 1.54) is 11.3 Å².